The van der Waals surface area contributed by atoms with Gasteiger partial charge < -0.3 is 10.5 Å². The molecule has 0 unspecified atom stereocenters. The molecule has 3 heteroatoms. The maximum absolute atomic E-state index is 5.94. The van der Waals surface area contributed by atoms with Gasteiger partial charge in [0.15, 0.2) is 0 Å². The zero-order valence-electron chi connectivity index (χ0n) is 9.80. The maximum Gasteiger partial charge on any atom is 0.122 e. The van der Waals surface area contributed by atoms with E-state index in [0.29, 0.717) is 6.61 Å². The molecular weight excluding hydrogens is 242 g/mol. The SMILES string of the molecule is Nc1cccc2sc(COc3ccccc3)cc12. The van der Waals surface area contributed by atoms with E-state index in [0.717, 1.165) is 16.8 Å². The first-order valence-electron chi connectivity index (χ1n) is 5.78. The number of benzene rings is 2. The van der Waals surface area contributed by atoms with E-state index in [4.69, 9.17) is 10.5 Å². The normalized spacial score (nSPS) is 10.7. The van der Waals surface area contributed by atoms with Crippen molar-refractivity contribution in [1.29, 1.82) is 0 Å². The minimum absolute atomic E-state index is 0.586. The average molecular weight is 255 g/mol. The summed E-state index contributed by atoms with van der Waals surface area (Å²) in [6.45, 7) is 0.586. The summed E-state index contributed by atoms with van der Waals surface area (Å²) >= 11 is 1.73. The van der Waals surface area contributed by atoms with Crippen molar-refractivity contribution < 1.29 is 4.74 Å². The fourth-order valence-electron chi connectivity index (χ4n) is 1.88. The molecule has 0 aliphatic heterocycles. The van der Waals surface area contributed by atoms with Crippen LogP contribution in [0.15, 0.2) is 54.6 Å². The van der Waals surface area contributed by atoms with Gasteiger partial charge in [0.25, 0.3) is 0 Å². The summed E-state index contributed by atoms with van der Waals surface area (Å²) in [7, 11) is 0. The van der Waals surface area contributed by atoms with Crippen LogP contribution in [0.3, 0.4) is 0 Å². The van der Waals surface area contributed by atoms with Gasteiger partial charge >= 0.3 is 0 Å². The smallest absolute Gasteiger partial charge is 0.122 e. The number of nitrogen functional groups attached to an aromatic ring is 1. The van der Waals surface area contributed by atoms with Crippen LogP contribution in [0.2, 0.25) is 0 Å². The minimum atomic E-state index is 0.586. The predicted octanol–water partition coefficient (Wildman–Crippen LogP) is 4.06. The number of nitrogens with two attached hydrogens (primary N) is 1. The van der Waals surface area contributed by atoms with E-state index < -0.39 is 0 Å². The van der Waals surface area contributed by atoms with Gasteiger partial charge in [-0.3, -0.25) is 0 Å². The lowest BCUT2D eigenvalue weighted by molar-refractivity contribution is 0.310. The lowest BCUT2D eigenvalue weighted by atomic mass is 10.2. The topological polar surface area (TPSA) is 35.2 Å². The number of fused-ring (bicyclic) bond motifs is 1. The molecule has 0 fully saturated rings. The summed E-state index contributed by atoms with van der Waals surface area (Å²) in [5.41, 5.74) is 6.77. The van der Waals surface area contributed by atoms with Crippen LogP contribution in [0.25, 0.3) is 10.1 Å². The number of thiophene rings is 1. The molecule has 2 nitrogen and oxygen atoms in total. The van der Waals surface area contributed by atoms with Crippen molar-refractivity contribution in [2.75, 3.05) is 5.73 Å². The molecule has 18 heavy (non-hydrogen) atoms. The third-order valence-electron chi connectivity index (χ3n) is 2.77. The second kappa shape index (κ2) is 4.70. The van der Waals surface area contributed by atoms with Gasteiger partial charge in [-0.05, 0) is 30.3 Å². The number of para-hydroxylation sites is 1. The van der Waals surface area contributed by atoms with Gasteiger partial charge in [0.2, 0.25) is 0 Å². The van der Waals surface area contributed by atoms with Gasteiger partial charge in [-0.2, -0.15) is 0 Å². The third kappa shape index (κ3) is 2.17. The molecule has 3 aromatic rings. The summed E-state index contributed by atoms with van der Waals surface area (Å²) in [6, 6.07) is 17.9. The Morgan fingerprint density at radius 1 is 1.00 bits per heavy atom. The second-order valence-electron chi connectivity index (χ2n) is 4.07. The first-order valence-corrected chi connectivity index (χ1v) is 6.59. The summed E-state index contributed by atoms with van der Waals surface area (Å²) in [4.78, 5) is 1.19. The molecule has 2 N–H and O–H groups in total. The Morgan fingerprint density at radius 2 is 1.83 bits per heavy atom. The molecular formula is C15H13NOS. The van der Waals surface area contributed by atoms with Crippen molar-refractivity contribution in [3.63, 3.8) is 0 Å². The monoisotopic (exact) mass is 255 g/mol. The number of rotatable bonds is 3. The quantitative estimate of drug-likeness (QED) is 0.716. The zero-order valence-corrected chi connectivity index (χ0v) is 10.6. The molecule has 0 saturated carbocycles. The van der Waals surface area contributed by atoms with Crippen LogP contribution < -0.4 is 10.5 Å². The highest BCUT2D eigenvalue weighted by Crippen LogP contribution is 2.30. The molecule has 0 saturated heterocycles. The fourth-order valence-corrected chi connectivity index (χ4v) is 2.89. The van der Waals surface area contributed by atoms with E-state index in [1.807, 2.05) is 42.5 Å². The van der Waals surface area contributed by atoms with E-state index in [2.05, 4.69) is 12.1 Å². The number of hydrogen-bond acceptors (Lipinski definition) is 3. The molecule has 0 spiro atoms. The lowest BCUT2D eigenvalue weighted by Crippen LogP contribution is -1.91. The first-order chi connectivity index (χ1) is 8.83. The van der Waals surface area contributed by atoms with Crippen molar-refractivity contribution >= 4 is 27.1 Å². The summed E-state index contributed by atoms with van der Waals surface area (Å²) in [5, 5.41) is 1.12. The standard InChI is InChI=1S/C15H13NOS/c16-14-7-4-8-15-13(14)9-12(18-15)10-17-11-5-2-1-3-6-11/h1-9H,10,16H2. The predicted molar refractivity (Wildman–Crippen MR) is 77.0 cm³/mol. The largest absolute Gasteiger partial charge is 0.488 e. The number of anilines is 1. The van der Waals surface area contributed by atoms with Crippen LogP contribution in [0.1, 0.15) is 4.88 Å². The molecule has 1 aromatic heterocycles. The summed E-state index contributed by atoms with van der Waals surface area (Å²) in [6.07, 6.45) is 0. The van der Waals surface area contributed by atoms with Crippen molar-refractivity contribution in [3.05, 3.63) is 59.5 Å². The molecule has 3 rings (SSSR count). The van der Waals surface area contributed by atoms with Crippen LogP contribution in [0.5, 0.6) is 5.75 Å². The van der Waals surface area contributed by atoms with E-state index >= 15 is 0 Å². The van der Waals surface area contributed by atoms with Gasteiger partial charge in [0.1, 0.15) is 12.4 Å². The summed E-state index contributed by atoms with van der Waals surface area (Å²) < 4.78 is 6.94. The highest BCUT2D eigenvalue weighted by atomic mass is 32.1. The zero-order chi connectivity index (χ0) is 12.4. The number of hydrogen-bond donors (Lipinski definition) is 1. The highest BCUT2D eigenvalue weighted by Gasteiger charge is 2.04. The van der Waals surface area contributed by atoms with Gasteiger partial charge in [0.05, 0.1) is 0 Å². The van der Waals surface area contributed by atoms with E-state index in [1.165, 1.54) is 9.58 Å². The van der Waals surface area contributed by atoms with Crippen molar-refractivity contribution in [3.8, 4) is 5.75 Å². The second-order valence-corrected chi connectivity index (χ2v) is 5.24. The summed E-state index contributed by atoms with van der Waals surface area (Å²) in [5.74, 6) is 0.892. The average Bonchev–Trinajstić information content (AvgIpc) is 2.82. The van der Waals surface area contributed by atoms with Crippen LogP contribution in [-0.2, 0) is 6.61 Å². The van der Waals surface area contributed by atoms with Gasteiger partial charge in [-0.15, -0.1) is 11.3 Å². The molecule has 0 radical (unpaired) electrons. The molecule has 0 aliphatic rings. The molecule has 0 atom stereocenters. The minimum Gasteiger partial charge on any atom is -0.488 e. The van der Waals surface area contributed by atoms with Gasteiger partial charge in [0, 0.05) is 20.7 Å². The van der Waals surface area contributed by atoms with E-state index in [-0.39, 0.29) is 0 Å². The van der Waals surface area contributed by atoms with E-state index in [1.54, 1.807) is 11.3 Å². The Morgan fingerprint density at radius 3 is 2.61 bits per heavy atom. The third-order valence-corrected chi connectivity index (χ3v) is 3.84. The van der Waals surface area contributed by atoms with Crippen molar-refractivity contribution in [1.82, 2.24) is 0 Å². The molecule has 90 valence electrons. The Kier molecular flexibility index (Phi) is 2.90. The van der Waals surface area contributed by atoms with Gasteiger partial charge in [-0.25, -0.2) is 0 Å². The van der Waals surface area contributed by atoms with E-state index in [9.17, 15) is 0 Å². The lowest BCUT2D eigenvalue weighted by Gasteiger charge is -2.02. The van der Waals surface area contributed by atoms with Crippen molar-refractivity contribution in [2.45, 2.75) is 6.61 Å². The first kappa shape index (κ1) is 11.1. The molecule has 0 bridgehead atoms. The molecule has 1 heterocycles. The Balaban J connectivity index is 1.81. The maximum atomic E-state index is 5.94. The van der Waals surface area contributed by atoms with Crippen molar-refractivity contribution in [2.24, 2.45) is 0 Å². The van der Waals surface area contributed by atoms with Crippen LogP contribution in [0, 0.1) is 0 Å². The van der Waals surface area contributed by atoms with Crippen LogP contribution in [-0.4, -0.2) is 0 Å². The number of ether oxygens (including phenoxy) is 1. The Labute approximate surface area is 110 Å². The molecule has 0 aliphatic carbocycles. The Bertz CT molecular complexity index is 661. The highest BCUT2D eigenvalue weighted by molar-refractivity contribution is 7.19. The van der Waals surface area contributed by atoms with Gasteiger partial charge in [-0.1, -0.05) is 24.3 Å². The Hall–Kier alpha value is -2.00. The van der Waals surface area contributed by atoms with Crippen LogP contribution in [0.4, 0.5) is 5.69 Å². The van der Waals surface area contributed by atoms with Crippen LogP contribution >= 0.6 is 11.3 Å². The molecule has 2 aromatic carbocycles. The molecule has 0 amide bonds. The fraction of sp³-hybridized carbons (Fsp3) is 0.0667.